The summed E-state index contributed by atoms with van der Waals surface area (Å²) in [5, 5.41) is 18.7. The Hall–Kier alpha value is -1.19. The molecule has 1 amide bonds. The minimum Gasteiger partial charge on any atom is -0.477 e. The van der Waals surface area contributed by atoms with Crippen LogP contribution in [-0.4, -0.2) is 56.1 Å². The highest BCUT2D eigenvalue weighted by atomic mass is 32.2. The van der Waals surface area contributed by atoms with Gasteiger partial charge in [0.25, 0.3) is 0 Å². The number of fused-ring (bicyclic) bond motifs is 1. The van der Waals surface area contributed by atoms with Crippen LogP contribution >= 0.6 is 23.5 Å². The third kappa shape index (κ3) is 2.23. The van der Waals surface area contributed by atoms with Crippen LogP contribution in [0.3, 0.4) is 0 Å². The summed E-state index contributed by atoms with van der Waals surface area (Å²) in [6.07, 6.45) is -0.0184. The summed E-state index contributed by atoms with van der Waals surface area (Å²) in [4.78, 5) is 28.9. The minimum absolute atomic E-state index is 0.0107. The van der Waals surface area contributed by atoms with E-state index in [1.165, 1.54) is 28.4 Å². The number of carbonyl (C=O) groups excluding carboxylic acids is 1. The zero-order valence-corrected chi connectivity index (χ0v) is 12.9. The van der Waals surface area contributed by atoms with E-state index in [0.29, 0.717) is 16.6 Å². The smallest absolute Gasteiger partial charge is 0.354 e. The van der Waals surface area contributed by atoms with Gasteiger partial charge in [-0.15, -0.1) is 11.8 Å². The van der Waals surface area contributed by atoms with Gasteiger partial charge >= 0.3 is 5.97 Å². The monoisotopic (exact) mass is 329 g/mol. The number of aliphatic carboxylic acids is 1. The Morgan fingerprint density at radius 3 is 2.86 bits per heavy atom. The molecule has 1 fully saturated rings. The number of aliphatic hydroxyl groups excluding tert-OH is 1. The van der Waals surface area contributed by atoms with Gasteiger partial charge in [-0.2, -0.15) is 0 Å². The van der Waals surface area contributed by atoms with Crippen molar-refractivity contribution in [1.29, 1.82) is 0 Å². The molecular formula is C12H15N3O4S2. The number of aliphatic hydroxyl groups is 1. The van der Waals surface area contributed by atoms with Crippen LogP contribution in [0.1, 0.15) is 13.3 Å². The van der Waals surface area contributed by atoms with Gasteiger partial charge in [-0.1, -0.05) is 11.8 Å². The molecule has 1 saturated heterocycles. The van der Waals surface area contributed by atoms with Crippen molar-refractivity contribution in [3.63, 3.8) is 0 Å². The summed E-state index contributed by atoms with van der Waals surface area (Å²) in [6.45, 7) is 2.19. The molecule has 0 aliphatic carbocycles. The molecule has 1 unspecified atom stereocenters. The fourth-order valence-electron chi connectivity index (χ4n) is 2.64. The van der Waals surface area contributed by atoms with Crippen molar-refractivity contribution in [2.75, 3.05) is 6.54 Å². The average Bonchev–Trinajstić information content (AvgIpc) is 2.92. The zero-order chi connectivity index (χ0) is 15.3. The minimum atomic E-state index is -1.13. The predicted molar refractivity (Wildman–Crippen MR) is 80.5 cm³/mol. The van der Waals surface area contributed by atoms with Crippen LogP contribution in [-0.2, 0) is 9.59 Å². The van der Waals surface area contributed by atoms with Gasteiger partial charge in [0, 0.05) is 6.54 Å². The number of carbonyl (C=O) groups is 2. The predicted octanol–water partition coefficient (Wildman–Crippen LogP) is 0.0149. The van der Waals surface area contributed by atoms with Gasteiger partial charge < -0.3 is 15.9 Å². The van der Waals surface area contributed by atoms with E-state index in [0.717, 1.165) is 6.42 Å². The molecular weight excluding hydrogens is 314 g/mol. The normalized spacial score (nSPS) is 32.9. The van der Waals surface area contributed by atoms with E-state index < -0.39 is 18.0 Å². The van der Waals surface area contributed by atoms with Crippen LogP contribution in [0.2, 0.25) is 0 Å². The van der Waals surface area contributed by atoms with Gasteiger partial charge in [0.1, 0.15) is 11.2 Å². The van der Waals surface area contributed by atoms with Crippen molar-refractivity contribution < 1.29 is 19.8 Å². The van der Waals surface area contributed by atoms with E-state index in [4.69, 9.17) is 5.73 Å². The van der Waals surface area contributed by atoms with Gasteiger partial charge in [-0.25, -0.2) is 4.79 Å². The van der Waals surface area contributed by atoms with Gasteiger partial charge in [-0.3, -0.25) is 14.7 Å². The van der Waals surface area contributed by atoms with Crippen LogP contribution in [0, 0.1) is 5.92 Å². The number of amidine groups is 1. The Kier molecular flexibility index (Phi) is 3.66. The number of carboxylic acids is 1. The molecule has 114 valence electrons. The summed E-state index contributed by atoms with van der Waals surface area (Å²) in [5.41, 5.74) is 5.81. The molecule has 4 atom stereocenters. The van der Waals surface area contributed by atoms with Crippen LogP contribution in [0.25, 0.3) is 0 Å². The Bertz CT molecular complexity index is 575. The molecule has 0 aromatic carbocycles. The van der Waals surface area contributed by atoms with Crippen LogP contribution in [0.5, 0.6) is 0 Å². The van der Waals surface area contributed by atoms with Crippen LogP contribution < -0.4 is 5.73 Å². The lowest BCUT2D eigenvalue weighted by Crippen LogP contribution is -2.60. The molecule has 21 heavy (non-hydrogen) atoms. The van der Waals surface area contributed by atoms with Crippen molar-refractivity contribution in [3.05, 3.63) is 9.93 Å². The molecule has 0 bridgehead atoms. The van der Waals surface area contributed by atoms with Crippen molar-refractivity contribution >= 4 is 41.2 Å². The first kappa shape index (κ1) is 14.7. The largest absolute Gasteiger partial charge is 0.477 e. The SMILES string of the molecule is C[C@@H](O)[C@H]1C(=O)N2C(C(=O)O)=C(SC3CCN=C3N)S[C@H]12. The van der Waals surface area contributed by atoms with E-state index >= 15 is 0 Å². The summed E-state index contributed by atoms with van der Waals surface area (Å²) in [6, 6.07) is 0. The molecule has 3 aliphatic heterocycles. The number of hydrogen-bond donors (Lipinski definition) is 3. The number of aliphatic imine (C=N–C) groups is 1. The Balaban J connectivity index is 1.84. The summed E-state index contributed by atoms with van der Waals surface area (Å²) >= 11 is 2.68. The highest BCUT2D eigenvalue weighted by Crippen LogP contribution is 2.54. The van der Waals surface area contributed by atoms with Crippen molar-refractivity contribution in [2.45, 2.75) is 30.1 Å². The molecule has 3 heterocycles. The number of nitrogens with two attached hydrogens (primary N) is 1. The first-order valence-electron chi connectivity index (χ1n) is 6.53. The Labute approximate surface area is 129 Å². The van der Waals surface area contributed by atoms with Gasteiger partial charge in [0.05, 0.1) is 21.5 Å². The number of hydrogen-bond acceptors (Lipinski definition) is 7. The Morgan fingerprint density at radius 2 is 2.33 bits per heavy atom. The fraction of sp³-hybridized carbons (Fsp3) is 0.583. The number of nitrogens with zero attached hydrogens (tertiary/aromatic N) is 2. The number of thioether (sulfide) groups is 2. The van der Waals surface area contributed by atoms with Crippen LogP contribution in [0.15, 0.2) is 14.9 Å². The van der Waals surface area contributed by atoms with E-state index in [1.807, 2.05) is 0 Å². The lowest BCUT2D eigenvalue weighted by atomic mass is 9.92. The number of amides is 1. The van der Waals surface area contributed by atoms with E-state index in [-0.39, 0.29) is 22.2 Å². The molecule has 0 spiro atoms. The van der Waals surface area contributed by atoms with Gasteiger partial charge in [-0.05, 0) is 13.3 Å². The molecule has 0 aromatic rings. The lowest BCUT2D eigenvalue weighted by molar-refractivity contribution is -0.156. The van der Waals surface area contributed by atoms with E-state index in [9.17, 15) is 19.8 Å². The maximum Gasteiger partial charge on any atom is 0.354 e. The van der Waals surface area contributed by atoms with Gasteiger partial charge in [0.2, 0.25) is 5.91 Å². The number of β-lactam (4-membered cyclic amide) rings is 1. The first-order chi connectivity index (χ1) is 9.91. The van der Waals surface area contributed by atoms with Crippen molar-refractivity contribution in [2.24, 2.45) is 16.6 Å². The first-order valence-corrected chi connectivity index (χ1v) is 8.29. The number of carboxylic acid groups (broad SMARTS) is 1. The summed E-state index contributed by atoms with van der Waals surface area (Å²) < 4.78 is 0.578. The molecule has 3 rings (SSSR count). The molecule has 3 aliphatic rings. The third-order valence-corrected chi connectivity index (χ3v) is 6.63. The van der Waals surface area contributed by atoms with Gasteiger partial charge in [0.15, 0.2) is 5.70 Å². The quantitative estimate of drug-likeness (QED) is 0.622. The van der Waals surface area contributed by atoms with E-state index in [1.54, 1.807) is 6.92 Å². The standard InChI is InChI=1S/C12H15N3O4S2/c1-4(16)6-9(17)15-7(11(18)19)12(21-10(6)15)20-5-2-3-14-8(5)13/h4-6,10,16H,2-3H2,1H3,(H2,13,14)(H,18,19)/t4-,5?,6+,10-/m1/s1. The average molecular weight is 329 g/mol. The fourth-order valence-corrected chi connectivity index (χ4v) is 5.80. The summed E-state index contributed by atoms with van der Waals surface area (Å²) in [7, 11) is 0. The number of rotatable bonds is 4. The van der Waals surface area contributed by atoms with Crippen LogP contribution in [0.4, 0.5) is 0 Å². The van der Waals surface area contributed by atoms with Crippen molar-refractivity contribution in [1.82, 2.24) is 4.90 Å². The lowest BCUT2D eigenvalue weighted by Gasteiger charge is -2.43. The second-order valence-electron chi connectivity index (χ2n) is 5.13. The zero-order valence-electron chi connectivity index (χ0n) is 11.2. The molecule has 9 heteroatoms. The molecule has 0 aromatic heterocycles. The highest BCUT2D eigenvalue weighted by Gasteiger charge is 2.58. The third-order valence-electron chi connectivity index (χ3n) is 3.73. The van der Waals surface area contributed by atoms with Crippen molar-refractivity contribution in [3.8, 4) is 0 Å². The molecule has 7 nitrogen and oxygen atoms in total. The topological polar surface area (TPSA) is 116 Å². The summed E-state index contributed by atoms with van der Waals surface area (Å²) in [5.74, 6) is -1.48. The molecule has 4 N–H and O–H groups in total. The maximum absolute atomic E-state index is 12.0. The molecule has 0 radical (unpaired) electrons. The maximum atomic E-state index is 12.0. The second kappa shape index (κ2) is 5.22. The van der Waals surface area contributed by atoms with E-state index in [2.05, 4.69) is 4.99 Å². The Morgan fingerprint density at radius 1 is 1.62 bits per heavy atom. The molecule has 0 saturated carbocycles. The second-order valence-corrected chi connectivity index (χ2v) is 7.72. The highest BCUT2D eigenvalue weighted by molar-refractivity contribution is 8.23.